The average Bonchev–Trinajstić information content (AvgIpc) is 3.40. The number of benzene rings is 1. The van der Waals surface area contributed by atoms with E-state index in [-0.39, 0.29) is 16.7 Å². The Morgan fingerprint density at radius 2 is 1.97 bits per heavy atom. The van der Waals surface area contributed by atoms with Gasteiger partial charge in [-0.15, -0.1) is 5.10 Å². The number of piperidine rings is 1. The molecule has 1 aromatic carbocycles. The quantitative estimate of drug-likeness (QED) is 0.734. The smallest absolute Gasteiger partial charge is 0.276 e. The molecule has 10 heteroatoms. The van der Waals surface area contributed by atoms with Crippen LogP contribution in [-0.4, -0.2) is 64.7 Å². The third-order valence-electron chi connectivity index (χ3n) is 5.51. The zero-order valence-corrected chi connectivity index (χ0v) is 16.9. The average molecular weight is 421 g/mol. The third-order valence-corrected chi connectivity index (χ3v) is 7.37. The molecule has 2 fully saturated rings. The van der Waals surface area contributed by atoms with Crippen LogP contribution in [0.5, 0.6) is 0 Å². The van der Waals surface area contributed by atoms with Gasteiger partial charge in [0.25, 0.3) is 5.91 Å². The first-order chi connectivity index (χ1) is 13.9. The minimum atomic E-state index is -3.74. The zero-order chi connectivity index (χ0) is 20.4. The maximum Gasteiger partial charge on any atom is 0.276 e. The molecule has 0 bridgehead atoms. The van der Waals surface area contributed by atoms with E-state index in [1.165, 1.54) is 22.5 Å². The number of amides is 1. The molecule has 1 amide bonds. The highest BCUT2D eigenvalue weighted by Crippen LogP contribution is 2.25. The molecule has 156 valence electrons. The van der Waals surface area contributed by atoms with Gasteiger partial charge < -0.3 is 4.90 Å². The maximum atomic E-state index is 13.5. The van der Waals surface area contributed by atoms with E-state index in [2.05, 4.69) is 10.3 Å². The summed E-state index contributed by atoms with van der Waals surface area (Å²) in [5.74, 6) is -0.631. The lowest BCUT2D eigenvalue weighted by Gasteiger charge is -2.31. The number of carbonyl (C=O) groups excluding carboxylic acids is 1. The first-order valence-electron chi connectivity index (χ1n) is 9.88. The molecular weight excluding hydrogens is 397 g/mol. The van der Waals surface area contributed by atoms with Crippen LogP contribution in [0.4, 0.5) is 4.39 Å². The Morgan fingerprint density at radius 3 is 2.72 bits per heavy atom. The molecular formula is C19H24FN5O3S. The predicted molar refractivity (Wildman–Crippen MR) is 103 cm³/mol. The molecule has 2 aliphatic rings. The molecule has 3 heterocycles. The lowest BCUT2D eigenvalue weighted by Crippen LogP contribution is -2.41. The van der Waals surface area contributed by atoms with E-state index in [1.807, 2.05) is 0 Å². The van der Waals surface area contributed by atoms with Crippen molar-refractivity contribution in [3.05, 3.63) is 42.0 Å². The minimum Gasteiger partial charge on any atom is -0.337 e. The van der Waals surface area contributed by atoms with E-state index < -0.39 is 15.8 Å². The Hall–Kier alpha value is -2.33. The summed E-state index contributed by atoms with van der Waals surface area (Å²) in [7, 11) is -3.74. The van der Waals surface area contributed by atoms with Crippen LogP contribution in [0, 0.1) is 11.7 Å². The highest BCUT2D eigenvalue weighted by Gasteiger charge is 2.31. The van der Waals surface area contributed by atoms with Gasteiger partial charge in [0.1, 0.15) is 5.82 Å². The molecule has 0 aliphatic carbocycles. The molecule has 0 spiro atoms. The van der Waals surface area contributed by atoms with Crippen molar-refractivity contribution in [1.82, 2.24) is 24.2 Å². The van der Waals surface area contributed by atoms with Gasteiger partial charge in [0.2, 0.25) is 10.0 Å². The fourth-order valence-corrected chi connectivity index (χ4v) is 5.59. The van der Waals surface area contributed by atoms with E-state index >= 15 is 0 Å². The van der Waals surface area contributed by atoms with E-state index in [0.29, 0.717) is 31.7 Å². The molecule has 0 saturated carbocycles. The van der Waals surface area contributed by atoms with Crippen LogP contribution in [0.3, 0.4) is 0 Å². The molecule has 1 atom stereocenters. The Morgan fingerprint density at radius 1 is 1.17 bits per heavy atom. The standard InChI is InChI=1S/C19H24FN5O3S/c20-16-6-3-7-17(11-16)29(27,28)25-10-4-5-15(13-25)12-24-14-18(21-22-24)19(26)23-8-1-2-9-23/h3,6-7,11,14-15H,1-2,4-5,8-10,12-13H2/t15-/m0/s1. The van der Waals surface area contributed by atoms with Crippen molar-refractivity contribution in [3.63, 3.8) is 0 Å². The first kappa shape index (κ1) is 20.0. The Bertz CT molecular complexity index is 987. The van der Waals surface area contributed by atoms with Gasteiger partial charge in [-0.3, -0.25) is 9.48 Å². The van der Waals surface area contributed by atoms with E-state index in [4.69, 9.17) is 0 Å². The summed E-state index contributed by atoms with van der Waals surface area (Å²) >= 11 is 0. The molecule has 0 radical (unpaired) electrons. The summed E-state index contributed by atoms with van der Waals surface area (Å²) < 4.78 is 42.2. The number of hydrogen-bond donors (Lipinski definition) is 0. The number of hydrogen-bond acceptors (Lipinski definition) is 5. The fraction of sp³-hybridized carbons (Fsp3) is 0.526. The number of sulfonamides is 1. The van der Waals surface area contributed by atoms with Crippen molar-refractivity contribution in [2.24, 2.45) is 5.92 Å². The Balaban J connectivity index is 1.42. The summed E-state index contributed by atoms with van der Waals surface area (Å²) in [5.41, 5.74) is 0.326. The van der Waals surface area contributed by atoms with Gasteiger partial charge in [0, 0.05) is 32.7 Å². The molecule has 8 nitrogen and oxygen atoms in total. The molecule has 0 unspecified atom stereocenters. The second-order valence-electron chi connectivity index (χ2n) is 7.65. The SMILES string of the molecule is O=C(c1cn(C[C@@H]2CCCN(S(=O)(=O)c3cccc(F)c3)C2)nn1)N1CCCC1. The number of nitrogens with zero attached hydrogens (tertiary/aromatic N) is 5. The number of halogens is 1. The highest BCUT2D eigenvalue weighted by atomic mass is 32.2. The van der Waals surface area contributed by atoms with E-state index in [9.17, 15) is 17.6 Å². The monoisotopic (exact) mass is 421 g/mol. The fourth-order valence-electron chi connectivity index (χ4n) is 4.00. The summed E-state index contributed by atoms with van der Waals surface area (Å²) in [6.45, 7) is 2.72. The maximum absolute atomic E-state index is 13.5. The molecule has 1 aromatic heterocycles. The summed E-state index contributed by atoms with van der Waals surface area (Å²) in [5, 5.41) is 8.06. The summed E-state index contributed by atoms with van der Waals surface area (Å²) in [6.07, 6.45) is 5.23. The van der Waals surface area contributed by atoms with Crippen molar-refractivity contribution in [1.29, 1.82) is 0 Å². The van der Waals surface area contributed by atoms with Crippen molar-refractivity contribution >= 4 is 15.9 Å². The number of likely N-dealkylation sites (tertiary alicyclic amines) is 1. The topological polar surface area (TPSA) is 88.4 Å². The van der Waals surface area contributed by atoms with E-state index in [0.717, 1.165) is 38.4 Å². The summed E-state index contributed by atoms with van der Waals surface area (Å²) in [6, 6.07) is 5.09. The number of aromatic nitrogens is 3. The third kappa shape index (κ3) is 4.32. The number of rotatable bonds is 5. The zero-order valence-electron chi connectivity index (χ0n) is 16.1. The van der Waals surface area contributed by atoms with Gasteiger partial charge >= 0.3 is 0 Å². The lowest BCUT2D eigenvalue weighted by molar-refractivity contribution is 0.0787. The van der Waals surface area contributed by atoms with Crippen molar-refractivity contribution in [3.8, 4) is 0 Å². The first-order valence-corrected chi connectivity index (χ1v) is 11.3. The molecule has 2 saturated heterocycles. The van der Waals surface area contributed by atoms with Gasteiger partial charge in [0.05, 0.1) is 11.1 Å². The second kappa shape index (κ2) is 8.19. The lowest BCUT2D eigenvalue weighted by atomic mass is 10.00. The predicted octanol–water partition coefficient (Wildman–Crippen LogP) is 1.75. The van der Waals surface area contributed by atoms with Crippen molar-refractivity contribution in [2.75, 3.05) is 26.2 Å². The second-order valence-corrected chi connectivity index (χ2v) is 9.59. The van der Waals surface area contributed by atoms with Crippen molar-refractivity contribution < 1.29 is 17.6 Å². The normalized spacial score (nSPS) is 20.9. The van der Waals surface area contributed by atoms with Crippen LogP contribution in [0.1, 0.15) is 36.2 Å². The number of carbonyl (C=O) groups is 1. The van der Waals surface area contributed by atoms with Crippen LogP contribution in [0.15, 0.2) is 35.4 Å². The van der Waals surface area contributed by atoms with Crippen LogP contribution in [0.2, 0.25) is 0 Å². The van der Waals surface area contributed by atoms with E-state index in [1.54, 1.807) is 15.8 Å². The largest absolute Gasteiger partial charge is 0.337 e. The summed E-state index contributed by atoms with van der Waals surface area (Å²) in [4.78, 5) is 14.2. The minimum absolute atomic E-state index is 0.0302. The van der Waals surface area contributed by atoms with Gasteiger partial charge in [-0.05, 0) is 49.8 Å². The Kier molecular flexibility index (Phi) is 5.64. The van der Waals surface area contributed by atoms with Crippen molar-refractivity contribution in [2.45, 2.75) is 37.1 Å². The molecule has 29 heavy (non-hydrogen) atoms. The molecule has 2 aromatic rings. The molecule has 0 N–H and O–H groups in total. The van der Waals surface area contributed by atoms with Gasteiger partial charge in [-0.2, -0.15) is 4.31 Å². The molecule has 4 rings (SSSR count). The van der Waals surface area contributed by atoms with Crippen LogP contribution in [-0.2, 0) is 16.6 Å². The Labute approximate surface area is 169 Å². The molecule has 2 aliphatic heterocycles. The van der Waals surface area contributed by atoms with Gasteiger partial charge in [0.15, 0.2) is 5.69 Å². The van der Waals surface area contributed by atoms with Gasteiger partial charge in [-0.25, -0.2) is 12.8 Å². The van der Waals surface area contributed by atoms with Gasteiger partial charge in [-0.1, -0.05) is 11.3 Å². The van der Waals surface area contributed by atoms with Crippen LogP contribution >= 0.6 is 0 Å². The van der Waals surface area contributed by atoms with Crippen LogP contribution in [0.25, 0.3) is 0 Å². The highest BCUT2D eigenvalue weighted by molar-refractivity contribution is 7.89. The van der Waals surface area contributed by atoms with Crippen LogP contribution < -0.4 is 0 Å².